The molecule has 86 valence electrons. The highest BCUT2D eigenvalue weighted by Crippen LogP contribution is 2.33. The molecule has 0 unspecified atom stereocenters. The molecule has 1 N–H and O–H groups in total. The van der Waals surface area contributed by atoms with Gasteiger partial charge in [-0.2, -0.15) is 0 Å². The topological polar surface area (TPSA) is 41.0 Å². The highest BCUT2D eigenvalue weighted by molar-refractivity contribution is 5.68. The summed E-state index contributed by atoms with van der Waals surface area (Å²) in [6, 6.07) is 10.4. The molecule has 0 spiro atoms. The third-order valence-electron chi connectivity index (χ3n) is 3.07. The lowest BCUT2D eigenvalue weighted by molar-refractivity contribution is 0.965. The van der Waals surface area contributed by atoms with Crippen molar-refractivity contribution in [2.75, 3.05) is 23.8 Å². The van der Waals surface area contributed by atoms with Crippen molar-refractivity contribution in [3.63, 3.8) is 0 Å². The van der Waals surface area contributed by atoms with Crippen LogP contribution in [0.15, 0.2) is 36.7 Å². The Balaban J connectivity index is 2.01. The van der Waals surface area contributed by atoms with E-state index in [1.807, 2.05) is 13.1 Å². The van der Waals surface area contributed by atoms with Gasteiger partial charge in [0.25, 0.3) is 0 Å². The number of aromatic nitrogens is 2. The molecule has 2 heterocycles. The molecular weight excluding hydrogens is 212 g/mol. The molecule has 0 fully saturated rings. The van der Waals surface area contributed by atoms with E-state index in [0.29, 0.717) is 0 Å². The standard InChI is InChI=1S/C13H14N4/c1-14-12-8-13(16-9-15-12)17-7-6-10-4-2-3-5-11(10)17/h2-5,8-9H,6-7H2,1H3,(H,14,15,16). The molecule has 0 radical (unpaired) electrons. The van der Waals surface area contributed by atoms with Gasteiger partial charge in [0.2, 0.25) is 0 Å². The van der Waals surface area contributed by atoms with Crippen molar-refractivity contribution >= 4 is 17.3 Å². The zero-order chi connectivity index (χ0) is 11.7. The molecule has 0 saturated heterocycles. The fourth-order valence-corrected chi connectivity index (χ4v) is 2.21. The maximum atomic E-state index is 4.34. The molecule has 0 atom stereocenters. The number of fused-ring (bicyclic) bond motifs is 1. The molecule has 4 nitrogen and oxygen atoms in total. The Morgan fingerprint density at radius 1 is 1.24 bits per heavy atom. The second-order valence-electron chi connectivity index (χ2n) is 4.04. The Morgan fingerprint density at radius 3 is 3.00 bits per heavy atom. The molecule has 0 saturated carbocycles. The molecule has 17 heavy (non-hydrogen) atoms. The molecule has 2 aromatic rings. The molecule has 1 aliphatic rings. The van der Waals surface area contributed by atoms with Gasteiger partial charge >= 0.3 is 0 Å². The van der Waals surface area contributed by atoms with Crippen LogP contribution < -0.4 is 10.2 Å². The Hall–Kier alpha value is -2.10. The summed E-state index contributed by atoms with van der Waals surface area (Å²) in [5.41, 5.74) is 2.64. The second kappa shape index (κ2) is 4.05. The van der Waals surface area contributed by atoms with Gasteiger partial charge in [-0.25, -0.2) is 9.97 Å². The minimum absolute atomic E-state index is 0.847. The van der Waals surface area contributed by atoms with Gasteiger partial charge in [-0.3, -0.25) is 0 Å². The number of para-hydroxylation sites is 1. The number of anilines is 3. The Labute approximate surface area is 100 Å². The van der Waals surface area contributed by atoms with Crippen LogP contribution in [0, 0.1) is 0 Å². The predicted molar refractivity (Wildman–Crippen MR) is 68.7 cm³/mol. The van der Waals surface area contributed by atoms with Gasteiger partial charge in [0.05, 0.1) is 0 Å². The van der Waals surface area contributed by atoms with Gasteiger partial charge in [-0.05, 0) is 18.1 Å². The molecule has 3 rings (SSSR count). The van der Waals surface area contributed by atoms with Gasteiger partial charge in [-0.15, -0.1) is 0 Å². The number of nitrogens with zero attached hydrogens (tertiary/aromatic N) is 3. The fraction of sp³-hybridized carbons (Fsp3) is 0.231. The van der Waals surface area contributed by atoms with E-state index >= 15 is 0 Å². The Kier molecular flexibility index (Phi) is 2.40. The van der Waals surface area contributed by atoms with Gasteiger partial charge in [-0.1, -0.05) is 18.2 Å². The van der Waals surface area contributed by atoms with Gasteiger partial charge in [0.15, 0.2) is 0 Å². The first kappa shape index (κ1) is 10.1. The molecule has 4 heteroatoms. The fourth-order valence-electron chi connectivity index (χ4n) is 2.21. The van der Waals surface area contributed by atoms with Crippen LogP contribution in [0.5, 0.6) is 0 Å². The maximum Gasteiger partial charge on any atom is 0.138 e. The van der Waals surface area contributed by atoms with Crippen molar-refractivity contribution in [2.45, 2.75) is 6.42 Å². The number of rotatable bonds is 2. The zero-order valence-corrected chi connectivity index (χ0v) is 9.72. The lowest BCUT2D eigenvalue weighted by Crippen LogP contribution is -2.15. The molecule has 0 amide bonds. The third-order valence-corrected chi connectivity index (χ3v) is 3.07. The quantitative estimate of drug-likeness (QED) is 0.852. The summed E-state index contributed by atoms with van der Waals surface area (Å²) in [7, 11) is 1.87. The highest BCUT2D eigenvalue weighted by atomic mass is 15.2. The van der Waals surface area contributed by atoms with Gasteiger partial charge < -0.3 is 10.2 Å². The smallest absolute Gasteiger partial charge is 0.138 e. The van der Waals surface area contributed by atoms with Crippen molar-refractivity contribution in [3.05, 3.63) is 42.2 Å². The van der Waals surface area contributed by atoms with Crippen LogP contribution in [0.2, 0.25) is 0 Å². The van der Waals surface area contributed by atoms with E-state index in [1.54, 1.807) is 6.33 Å². The molecule has 0 aliphatic carbocycles. The van der Waals surface area contributed by atoms with Crippen LogP contribution in [0.4, 0.5) is 17.3 Å². The summed E-state index contributed by atoms with van der Waals surface area (Å²) in [5, 5.41) is 3.04. The van der Waals surface area contributed by atoms with Crippen LogP contribution in [0.3, 0.4) is 0 Å². The van der Waals surface area contributed by atoms with Crippen LogP contribution >= 0.6 is 0 Å². The van der Waals surface area contributed by atoms with E-state index in [9.17, 15) is 0 Å². The summed E-state index contributed by atoms with van der Waals surface area (Å²) in [6.07, 6.45) is 2.68. The zero-order valence-electron chi connectivity index (χ0n) is 9.72. The summed E-state index contributed by atoms with van der Waals surface area (Å²) >= 11 is 0. The molecular formula is C13H14N4. The van der Waals surface area contributed by atoms with Crippen LogP contribution in [-0.2, 0) is 6.42 Å². The minimum Gasteiger partial charge on any atom is -0.373 e. The minimum atomic E-state index is 0.847. The lowest BCUT2D eigenvalue weighted by Gasteiger charge is -2.18. The van der Waals surface area contributed by atoms with E-state index in [2.05, 4.69) is 44.5 Å². The summed E-state index contributed by atoms with van der Waals surface area (Å²) in [4.78, 5) is 10.7. The Morgan fingerprint density at radius 2 is 2.12 bits per heavy atom. The largest absolute Gasteiger partial charge is 0.373 e. The van der Waals surface area contributed by atoms with Crippen LogP contribution in [0.1, 0.15) is 5.56 Å². The molecule has 0 bridgehead atoms. The number of benzene rings is 1. The highest BCUT2D eigenvalue weighted by Gasteiger charge is 2.20. The average Bonchev–Trinajstić information content (AvgIpc) is 2.82. The van der Waals surface area contributed by atoms with Crippen molar-refractivity contribution in [3.8, 4) is 0 Å². The van der Waals surface area contributed by atoms with E-state index in [-0.39, 0.29) is 0 Å². The first-order chi connectivity index (χ1) is 8.38. The first-order valence-electron chi connectivity index (χ1n) is 5.74. The number of hydrogen-bond donors (Lipinski definition) is 1. The van der Waals surface area contributed by atoms with Crippen molar-refractivity contribution < 1.29 is 0 Å². The normalized spacial score (nSPS) is 13.6. The molecule has 1 aromatic heterocycles. The predicted octanol–water partition coefficient (Wildman–Crippen LogP) is 2.21. The van der Waals surface area contributed by atoms with Crippen molar-refractivity contribution in [1.29, 1.82) is 0 Å². The molecule has 1 aromatic carbocycles. The lowest BCUT2D eigenvalue weighted by atomic mass is 10.2. The summed E-state index contributed by atoms with van der Waals surface area (Å²) in [5.74, 6) is 1.80. The monoisotopic (exact) mass is 226 g/mol. The average molecular weight is 226 g/mol. The first-order valence-corrected chi connectivity index (χ1v) is 5.74. The summed E-state index contributed by atoms with van der Waals surface area (Å²) in [6.45, 7) is 0.986. The number of nitrogens with one attached hydrogen (secondary N) is 1. The SMILES string of the molecule is CNc1cc(N2CCc3ccccc32)ncn1. The van der Waals surface area contributed by atoms with Gasteiger partial charge in [0.1, 0.15) is 18.0 Å². The van der Waals surface area contributed by atoms with Crippen LogP contribution in [0.25, 0.3) is 0 Å². The van der Waals surface area contributed by atoms with Crippen molar-refractivity contribution in [2.24, 2.45) is 0 Å². The maximum absolute atomic E-state index is 4.34. The van der Waals surface area contributed by atoms with E-state index in [0.717, 1.165) is 24.6 Å². The van der Waals surface area contributed by atoms with E-state index in [4.69, 9.17) is 0 Å². The van der Waals surface area contributed by atoms with E-state index < -0.39 is 0 Å². The van der Waals surface area contributed by atoms with Gasteiger partial charge in [0, 0.05) is 25.3 Å². The summed E-state index contributed by atoms with van der Waals surface area (Å²) < 4.78 is 0. The Bertz CT molecular complexity index is 538. The van der Waals surface area contributed by atoms with Crippen molar-refractivity contribution in [1.82, 2.24) is 9.97 Å². The number of hydrogen-bond acceptors (Lipinski definition) is 4. The van der Waals surface area contributed by atoms with E-state index in [1.165, 1.54) is 11.3 Å². The van der Waals surface area contributed by atoms with Crippen LogP contribution in [-0.4, -0.2) is 23.6 Å². The molecule has 1 aliphatic heterocycles. The second-order valence-corrected chi connectivity index (χ2v) is 4.04. The third kappa shape index (κ3) is 1.71.